The van der Waals surface area contributed by atoms with Gasteiger partial charge in [-0.3, -0.25) is 4.79 Å². The van der Waals surface area contributed by atoms with Gasteiger partial charge in [0.2, 0.25) is 0 Å². The number of rotatable bonds is 6. The van der Waals surface area contributed by atoms with E-state index < -0.39 is 102 Å². The van der Waals surface area contributed by atoms with Crippen LogP contribution in [-0.4, -0.2) is 119 Å². The van der Waals surface area contributed by atoms with E-state index in [2.05, 4.69) is 0 Å². The Bertz CT molecular complexity index is 1470. The molecule has 10 atom stereocenters. The first-order valence-corrected chi connectivity index (χ1v) is 12.9. The summed E-state index contributed by atoms with van der Waals surface area (Å²) in [5.74, 6) is -1.50. The highest BCUT2D eigenvalue weighted by Gasteiger charge is 2.52. The molecule has 0 bridgehead atoms. The first-order chi connectivity index (χ1) is 20.0. The van der Waals surface area contributed by atoms with Crippen LogP contribution in [0.2, 0.25) is 0 Å². The lowest BCUT2D eigenvalue weighted by atomic mass is 9.89. The van der Waals surface area contributed by atoms with Crippen molar-refractivity contribution < 1.29 is 69.7 Å². The van der Waals surface area contributed by atoms with Crippen molar-refractivity contribution in [2.75, 3.05) is 13.2 Å². The Kier molecular flexibility index (Phi) is 8.41. The largest absolute Gasteiger partial charge is 0.508 e. The van der Waals surface area contributed by atoms with Gasteiger partial charge in [0.05, 0.1) is 18.8 Å². The Morgan fingerprint density at radius 1 is 0.738 bits per heavy atom. The smallest absolute Gasteiger partial charge is 0.197 e. The summed E-state index contributed by atoms with van der Waals surface area (Å²) in [7, 11) is 0. The second kappa shape index (κ2) is 11.7. The first-order valence-electron chi connectivity index (χ1n) is 12.9. The third-order valence-corrected chi connectivity index (χ3v) is 7.44. The zero-order valence-electron chi connectivity index (χ0n) is 21.7. The molecule has 2 aliphatic heterocycles. The fourth-order valence-corrected chi connectivity index (χ4v) is 5.17. The predicted octanol–water partition coefficient (Wildman–Crippen LogP) is -2.08. The average molecular weight is 595 g/mol. The molecule has 0 spiro atoms. The molecule has 15 heteroatoms. The van der Waals surface area contributed by atoms with Crippen molar-refractivity contribution in [2.45, 2.75) is 61.2 Å². The maximum Gasteiger partial charge on any atom is 0.197 e. The summed E-state index contributed by atoms with van der Waals surface area (Å²) in [6.45, 7) is -1.61. The molecule has 5 rings (SSSR count). The lowest BCUT2D eigenvalue weighted by Crippen LogP contribution is -2.62. The van der Waals surface area contributed by atoms with E-state index in [1.807, 2.05) is 0 Å². The molecule has 2 aliphatic rings. The second-order valence-electron chi connectivity index (χ2n) is 10.1. The van der Waals surface area contributed by atoms with Crippen molar-refractivity contribution in [3.63, 3.8) is 0 Å². The number of phenolic OH excluding ortho intramolecular Hbond substituents is 3. The summed E-state index contributed by atoms with van der Waals surface area (Å²) in [5, 5.41) is 103. The van der Waals surface area contributed by atoms with E-state index in [4.69, 9.17) is 18.6 Å². The molecule has 3 heterocycles. The fraction of sp³-hybridized carbons (Fsp3) is 0.444. The number of benzene rings is 2. The normalized spacial score (nSPS) is 33.6. The first kappa shape index (κ1) is 30.1. The highest BCUT2D eigenvalue weighted by Crippen LogP contribution is 2.45. The van der Waals surface area contributed by atoms with E-state index in [-0.39, 0.29) is 17.1 Å². The summed E-state index contributed by atoms with van der Waals surface area (Å²) in [6, 6.07) is 7.41. The van der Waals surface area contributed by atoms with E-state index in [0.717, 1.165) is 12.1 Å². The van der Waals surface area contributed by atoms with Crippen LogP contribution in [-0.2, 0) is 14.2 Å². The fourth-order valence-electron chi connectivity index (χ4n) is 5.17. The lowest BCUT2D eigenvalue weighted by Gasteiger charge is -2.46. The quantitative estimate of drug-likeness (QED) is 0.147. The molecule has 15 nitrogen and oxygen atoms in total. The minimum atomic E-state index is -1.92. The lowest BCUT2D eigenvalue weighted by molar-refractivity contribution is -0.342. The summed E-state index contributed by atoms with van der Waals surface area (Å²) in [5.41, 5.74) is -1.21. The molecule has 1 aromatic heterocycles. The number of phenols is 3. The Hall–Kier alpha value is -3.35. The average Bonchev–Trinajstić information content (AvgIpc) is 2.96. The van der Waals surface area contributed by atoms with Gasteiger partial charge in [-0.1, -0.05) is 0 Å². The molecule has 0 aliphatic carbocycles. The molecule has 2 saturated heterocycles. The molecular weight excluding hydrogens is 564 g/mol. The van der Waals surface area contributed by atoms with E-state index in [0.29, 0.717) is 5.56 Å². The van der Waals surface area contributed by atoms with Crippen LogP contribution in [0.15, 0.2) is 45.6 Å². The summed E-state index contributed by atoms with van der Waals surface area (Å²) in [4.78, 5) is 13.1. The SMILES string of the molecule is O=c1cc(-c2ccc(O)cc2)oc2c([C@@H]3O[C@@H](CO)[C@@H](O)[C@@H](O)[C@H]3O[C@@H]3O[C@@H](CO)[C@@H](O)[C@@H](O)[C@H]3O)c(O)cc(O)c12. The maximum absolute atomic E-state index is 13.1. The number of fused-ring (bicyclic) bond motifs is 1. The van der Waals surface area contributed by atoms with Crippen molar-refractivity contribution >= 4 is 11.0 Å². The van der Waals surface area contributed by atoms with Crippen molar-refractivity contribution in [3.8, 4) is 28.6 Å². The van der Waals surface area contributed by atoms with Gasteiger partial charge in [0, 0.05) is 17.7 Å². The Morgan fingerprint density at radius 2 is 1.36 bits per heavy atom. The van der Waals surface area contributed by atoms with Crippen LogP contribution in [0, 0.1) is 0 Å². The molecular formula is C27H30O15. The number of ether oxygens (including phenoxy) is 3. The third kappa shape index (κ3) is 5.20. The Balaban J connectivity index is 1.66. The molecule has 0 amide bonds. The van der Waals surface area contributed by atoms with Crippen LogP contribution in [0.5, 0.6) is 17.2 Å². The van der Waals surface area contributed by atoms with Crippen LogP contribution in [0.3, 0.4) is 0 Å². The van der Waals surface area contributed by atoms with Gasteiger partial charge in [-0.2, -0.15) is 0 Å². The molecule has 228 valence electrons. The van der Waals surface area contributed by atoms with Crippen molar-refractivity contribution in [3.05, 3.63) is 52.2 Å². The number of aliphatic hydroxyl groups is 7. The van der Waals surface area contributed by atoms with Crippen LogP contribution >= 0.6 is 0 Å². The minimum absolute atomic E-state index is 0.0553. The number of aromatic hydroxyl groups is 3. The van der Waals surface area contributed by atoms with Crippen molar-refractivity contribution in [1.82, 2.24) is 0 Å². The van der Waals surface area contributed by atoms with Gasteiger partial charge in [-0.15, -0.1) is 0 Å². The number of hydrogen-bond acceptors (Lipinski definition) is 15. The molecule has 0 saturated carbocycles. The highest BCUT2D eigenvalue weighted by atomic mass is 16.7. The molecule has 0 radical (unpaired) electrons. The summed E-state index contributed by atoms with van der Waals surface area (Å²) >= 11 is 0. The standard InChI is InChI=1S/C27H30O15/c28-7-15-20(35)22(37)26(42-27-23(38)21(36)19(34)16(8-29)41-27)25(40-15)18-12(32)5-11(31)17-13(33)6-14(39-24(17)18)9-1-3-10(30)4-2-9/h1-6,15-16,19-23,25-32,34-38H,7-8H2/t15-,16-,19+,20+,21+,22+,23+,25-,26+,27-/m0/s1. The number of hydrogen-bond donors (Lipinski definition) is 10. The van der Waals surface area contributed by atoms with Gasteiger partial charge in [-0.25, -0.2) is 0 Å². The van der Waals surface area contributed by atoms with E-state index in [9.17, 15) is 55.9 Å². The molecule has 10 N–H and O–H groups in total. The van der Waals surface area contributed by atoms with Gasteiger partial charge >= 0.3 is 0 Å². The summed E-state index contributed by atoms with van der Waals surface area (Å²) < 4.78 is 22.9. The molecule has 0 unspecified atom stereocenters. The second-order valence-corrected chi connectivity index (χ2v) is 10.1. The van der Waals surface area contributed by atoms with Gasteiger partial charge in [0.25, 0.3) is 0 Å². The topological polar surface area (TPSA) is 260 Å². The van der Waals surface area contributed by atoms with Crippen molar-refractivity contribution in [1.29, 1.82) is 0 Å². The van der Waals surface area contributed by atoms with Gasteiger partial charge in [-0.05, 0) is 24.3 Å². The zero-order chi connectivity index (χ0) is 30.5. The Morgan fingerprint density at radius 3 is 2.00 bits per heavy atom. The monoisotopic (exact) mass is 594 g/mol. The van der Waals surface area contributed by atoms with E-state index >= 15 is 0 Å². The van der Waals surface area contributed by atoms with Crippen LogP contribution in [0.4, 0.5) is 0 Å². The summed E-state index contributed by atoms with van der Waals surface area (Å²) in [6.07, 6.45) is -17.3. The van der Waals surface area contributed by atoms with Gasteiger partial charge in [0.15, 0.2) is 17.3 Å². The van der Waals surface area contributed by atoms with E-state index in [1.165, 1.54) is 24.3 Å². The molecule has 42 heavy (non-hydrogen) atoms. The molecule has 3 aromatic rings. The number of aliphatic hydroxyl groups excluding tert-OH is 7. The molecule has 2 fully saturated rings. The third-order valence-electron chi connectivity index (χ3n) is 7.44. The van der Waals surface area contributed by atoms with Crippen LogP contribution in [0.1, 0.15) is 11.7 Å². The minimum Gasteiger partial charge on any atom is -0.508 e. The van der Waals surface area contributed by atoms with Crippen LogP contribution in [0.25, 0.3) is 22.3 Å². The van der Waals surface area contributed by atoms with E-state index in [1.54, 1.807) is 0 Å². The van der Waals surface area contributed by atoms with Gasteiger partial charge < -0.3 is 69.7 Å². The van der Waals surface area contributed by atoms with Gasteiger partial charge in [0.1, 0.15) is 83.3 Å². The maximum atomic E-state index is 13.1. The predicted molar refractivity (Wildman–Crippen MR) is 138 cm³/mol. The molecule has 2 aromatic carbocycles. The Labute approximate surface area is 236 Å². The van der Waals surface area contributed by atoms with Crippen LogP contribution < -0.4 is 5.43 Å². The highest BCUT2D eigenvalue weighted by molar-refractivity contribution is 5.89. The zero-order valence-corrected chi connectivity index (χ0v) is 21.7. The van der Waals surface area contributed by atoms with Crippen molar-refractivity contribution in [2.24, 2.45) is 0 Å².